The molecule has 0 aliphatic heterocycles. The molecule has 2 rings (SSSR count). The van der Waals surface area contributed by atoms with E-state index >= 15 is 0 Å². The lowest BCUT2D eigenvalue weighted by molar-refractivity contribution is 0.0982. The molecular formula is C21H33NO2Si. The summed E-state index contributed by atoms with van der Waals surface area (Å²) in [5.41, 5.74) is 3.26. The van der Waals surface area contributed by atoms with Gasteiger partial charge in [0.2, 0.25) is 0 Å². The fourth-order valence-corrected chi connectivity index (χ4v) is 3.86. The van der Waals surface area contributed by atoms with Crippen LogP contribution in [0.15, 0.2) is 24.3 Å². The maximum Gasteiger partial charge on any atom is 0.191 e. The summed E-state index contributed by atoms with van der Waals surface area (Å²) in [6.07, 6.45) is 2.41. The quantitative estimate of drug-likeness (QED) is 0.467. The number of aromatic nitrogens is 1. The van der Waals surface area contributed by atoms with Crippen molar-refractivity contribution >= 4 is 25.0 Å². The Morgan fingerprint density at radius 2 is 1.88 bits per heavy atom. The van der Waals surface area contributed by atoms with E-state index in [0.29, 0.717) is 6.42 Å². The average molecular weight is 360 g/mol. The second-order valence-electron chi connectivity index (χ2n) is 8.50. The minimum atomic E-state index is -1.70. The van der Waals surface area contributed by atoms with E-state index < -0.39 is 8.32 Å². The molecule has 1 heterocycles. The molecule has 0 N–H and O–H groups in total. The standard InChI is InChI=1S/C21H33NO2Si/c1-8-9-20(23)16-10-11-19-17(14-16)15-18(22(19)5)12-13-24-25(6,7)21(2,3)4/h10-11,14-15H,8-9,12-13H2,1-7H3. The molecule has 0 unspecified atom stereocenters. The highest BCUT2D eigenvalue weighted by Gasteiger charge is 2.36. The van der Waals surface area contributed by atoms with Crippen LogP contribution >= 0.6 is 0 Å². The Bertz CT molecular complexity index is 753. The molecule has 3 nitrogen and oxygen atoms in total. The summed E-state index contributed by atoms with van der Waals surface area (Å²) >= 11 is 0. The highest BCUT2D eigenvalue weighted by atomic mass is 28.4. The lowest BCUT2D eigenvalue weighted by Crippen LogP contribution is -2.41. The number of Topliss-reactive ketones (excluding diaryl/α,β-unsaturated/α-hetero) is 1. The summed E-state index contributed by atoms with van der Waals surface area (Å²) in [6.45, 7) is 14.2. The SMILES string of the molecule is CCCC(=O)c1ccc2c(c1)cc(CCO[Si](C)(C)C(C)(C)C)n2C. The Morgan fingerprint density at radius 3 is 2.48 bits per heavy atom. The van der Waals surface area contributed by atoms with Crippen molar-refractivity contribution < 1.29 is 9.22 Å². The summed E-state index contributed by atoms with van der Waals surface area (Å²) in [5.74, 6) is 0.232. The number of carbonyl (C=O) groups is 1. The van der Waals surface area contributed by atoms with Gasteiger partial charge in [0.15, 0.2) is 14.1 Å². The molecule has 0 bridgehead atoms. The van der Waals surface area contributed by atoms with Crippen molar-refractivity contribution in [3.63, 3.8) is 0 Å². The van der Waals surface area contributed by atoms with E-state index in [1.54, 1.807) is 0 Å². The van der Waals surface area contributed by atoms with Gasteiger partial charge in [-0.05, 0) is 48.8 Å². The average Bonchev–Trinajstić information content (AvgIpc) is 2.82. The number of fused-ring (bicyclic) bond motifs is 1. The van der Waals surface area contributed by atoms with Crippen LogP contribution in [0.3, 0.4) is 0 Å². The van der Waals surface area contributed by atoms with Crippen LogP contribution in [0, 0.1) is 0 Å². The highest BCUT2D eigenvalue weighted by Crippen LogP contribution is 2.36. The normalized spacial score (nSPS) is 12.8. The number of ketones is 1. The maximum absolute atomic E-state index is 12.1. The molecule has 25 heavy (non-hydrogen) atoms. The molecule has 4 heteroatoms. The Hall–Kier alpha value is -1.39. The highest BCUT2D eigenvalue weighted by molar-refractivity contribution is 6.74. The van der Waals surface area contributed by atoms with Gasteiger partial charge in [-0.25, -0.2) is 0 Å². The van der Waals surface area contributed by atoms with E-state index in [1.165, 1.54) is 11.2 Å². The molecule has 0 saturated carbocycles. The zero-order chi connectivity index (χ0) is 18.8. The minimum absolute atomic E-state index is 0.232. The van der Waals surface area contributed by atoms with Gasteiger partial charge < -0.3 is 8.99 Å². The molecule has 0 atom stereocenters. The Labute approximate surface area is 153 Å². The number of nitrogens with zero attached hydrogens (tertiary/aromatic N) is 1. The zero-order valence-corrected chi connectivity index (χ0v) is 17.9. The summed E-state index contributed by atoms with van der Waals surface area (Å²) in [4.78, 5) is 12.1. The van der Waals surface area contributed by atoms with Crippen LogP contribution in [0.25, 0.3) is 10.9 Å². The molecule has 0 radical (unpaired) electrons. The summed E-state index contributed by atoms with van der Waals surface area (Å²) in [7, 11) is 0.393. The van der Waals surface area contributed by atoms with E-state index in [2.05, 4.69) is 57.6 Å². The second kappa shape index (κ2) is 7.46. The predicted molar refractivity (Wildman–Crippen MR) is 109 cm³/mol. The summed E-state index contributed by atoms with van der Waals surface area (Å²) in [5, 5.41) is 1.38. The van der Waals surface area contributed by atoms with E-state index in [-0.39, 0.29) is 10.8 Å². The Morgan fingerprint density at radius 1 is 1.20 bits per heavy atom. The van der Waals surface area contributed by atoms with Gasteiger partial charge in [-0.1, -0.05) is 27.7 Å². The van der Waals surface area contributed by atoms with E-state index in [4.69, 9.17) is 4.43 Å². The van der Waals surface area contributed by atoms with E-state index in [9.17, 15) is 4.79 Å². The van der Waals surface area contributed by atoms with Crippen LogP contribution in [-0.4, -0.2) is 25.3 Å². The molecular weight excluding hydrogens is 326 g/mol. The third-order valence-electron chi connectivity index (χ3n) is 5.57. The number of hydrogen-bond donors (Lipinski definition) is 0. The number of rotatable bonds is 7. The Kier molecular flexibility index (Phi) is 5.95. The molecule has 138 valence electrons. The number of aryl methyl sites for hydroxylation is 1. The number of hydrogen-bond acceptors (Lipinski definition) is 2. The lowest BCUT2D eigenvalue weighted by Gasteiger charge is -2.36. The first-order valence-corrected chi connectivity index (χ1v) is 12.2. The monoisotopic (exact) mass is 359 g/mol. The number of benzene rings is 1. The number of carbonyl (C=O) groups excluding carboxylic acids is 1. The smallest absolute Gasteiger partial charge is 0.191 e. The van der Waals surface area contributed by atoms with Crippen molar-refractivity contribution in [1.29, 1.82) is 0 Å². The van der Waals surface area contributed by atoms with E-state index in [1.807, 2.05) is 19.1 Å². The molecule has 0 amide bonds. The van der Waals surface area contributed by atoms with Crippen LogP contribution in [0.5, 0.6) is 0 Å². The van der Waals surface area contributed by atoms with Crippen LogP contribution in [0.2, 0.25) is 18.1 Å². The molecule has 1 aromatic carbocycles. The van der Waals surface area contributed by atoms with Crippen molar-refractivity contribution in [2.45, 2.75) is 65.1 Å². The van der Waals surface area contributed by atoms with Gasteiger partial charge in [0, 0.05) is 48.7 Å². The van der Waals surface area contributed by atoms with Gasteiger partial charge in [-0.2, -0.15) is 0 Å². The zero-order valence-electron chi connectivity index (χ0n) is 16.9. The van der Waals surface area contributed by atoms with Crippen molar-refractivity contribution in [3.8, 4) is 0 Å². The summed E-state index contributed by atoms with van der Waals surface area (Å²) in [6, 6.07) is 8.26. The molecule has 0 saturated heterocycles. The first-order valence-electron chi connectivity index (χ1n) is 9.32. The molecule has 0 aliphatic rings. The van der Waals surface area contributed by atoms with Crippen molar-refractivity contribution in [3.05, 3.63) is 35.5 Å². The fourth-order valence-electron chi connectivity index (χ4n) is 2.82. The first kappa shape index (κ1) is 19.9. The topological polar surface area (TPSA) is 31.2 Å². The Balaban J connectivity index is 2.14. The fraction of sp³-hybridized carbons (Fsp3) is 0.571. The van der Waals surface area contributed by atoms with Crippen molar-refractivity contribution in [2.24, 2.45) is 7.05 Å². The van der Waals surface area contributed by atoms with E-state index in [0.717, 1.165) is 30.4 Å². The first-order chi connectivity index (χ1) is 11.6. The van der Waals surface area contributed by atoms with Crippen molar-refractivity contribution in [2.75, 3.05) is 6.61 Å². The van der Waals surface area contributed by atoms with Crippen LogP contribution in [0.1, 0.15) is 56.6 Å². The minimum Gasteiger partial charge on any atom is -0.416 e. The molecule has 2 aromatic rings. The molecule has 0 aliphatic carbocycles. The second-order valence-corrected chi connectivity index (χ2v) is 13.3. The van der Waals surface area contributed by atoms with Crippen LogP contribution in [0.4, 0.5) is 0 Å². The van der Waals surface area contributed by atoms with Crippen molar-refractivity contribution in [1.82, 2.24) is 4.57 Å². The van der Waals surface area contributed by atoms with Crippen LogP contribution < -0.4 is 0 Å². The summed E-state index contributed by atoms with van der Waals surface area (Å²) < 4.78 is 8.53. The van der Waals surface area contributed by atoms with Gasteiger partial charge >= 0.3 is 0 Å². The van der Waals surface area contributed by atoms with Gasteiger partial charge in [0.1, 0.15) is 0 Å². The lowest BCUT2D eigenvalue weighted by atomic mass is 10.1. The maximum atomic E-state index is 12.1. The molecule has 1 aromatic heterocycles. The van der Waals surface area contributed by atoms with Gasteiger partial charge in [0.05, 0.1) is 0 Å². The third-order valence-corrected chi connectivity index (χ3v) is 10.1. The molecule has 0 fully saturated rings. The largest absolute Gasteiger partial charge is 0.416 e. The third kappa shape index (κ3) is 4.42. The van der Waals surface area contributed by atoms with Gasteiger partial charge in [-0.3, -0.25) is 4.79 Å². The van der Waals surface area contributed by atoms with Crippen LogP contribution in [-0.2, 0) is 17.9 Å². The molecule has 0 spiro atoms. The van der Waals surface area contributed by atoms with Gasteiger partial charge in [0.25, 0.3) is 0 Å². The predicted octanol–water partition coefficient (Wildman–Crippen LogP) is 5.73. The van der Waals surface area contributed by atoms with Gasteiger partial charge in [-0.15, -0.1) is 0 Å².